The fraction of sp³-hybridized carbons (Fsp3) is 0.917. The van der Waals surface area contributed by atoms with Gasteiger partial charge in [0.05, 0.1) is 0 Å². The number of ether oxygens (including phenoxy) is 1. The van der Waals surface area contributed by atoms with E-state index >= 15 is 0 Å². The number of hydrogen-bond donors (Lipinski definition) is 1. The monoisotopic (exact) mass is 250 g/mol. The SMILES string of the molecule is CCC(C)(O)CCCOC(=O)[PH](C)(C)CC. The van der Waals surface area contributed by atoms with Crippen molar-refractivity contribution in [2.24, 2.45) is 0 Å². The van der Waals surface area contributed by atoms with E-state index in [-0.39, 0.29) is 5.71 Å². The molecule has 1 atom stereocenters. The van der Waals surface area contributed by atoms with E-state index in [9.17, 15) is 9.90 Å². The quantitative estimate of drug-likeness (QED) is 0.558. The van der Waals surface area contributed by atoms with Crippen LogP contribution in [-0.4, -0.2) is 42.5 Å². The Kier molecular flexibility index (Phi) is 6.50. The van der Waals surface area contributed by atoms with Crippen molar-refractivity contribution in [2.75, 3.05) is 26.1 Å². The number of hydrogen-bond acceptors (Lipinski definition) is 3. The fourth-order valence-electron chi connectivity index (χ4n) is 1.13. The van der Waals surface area contributed by atoms with Crippen LogP contribution in [-0.2, 0) is 4.74 Å². The summed E-state index contributed by atoms with van der Waals surface area (Å²) < 4.78 is 5.25. The Morgan fingerprint density at radius 1 is 1.38 bits per heavy atom. The third-order valence-corrected chi connectivity index (χ3v) is 6.31. The van der Waals surface area contributed by atoms with Gasteiger partial charge in [-0.15, -0.1) is 0 Å². The molecule has 0 radical (unpaired) electrons. The van der Waals surface area contributed by atoms with Gasteiger partial charge in [0.1, 0.15) is 0 Å². The van der Waals surface area contributed by atoms with Crippen LogP contribution in [0.5, 0.6) is 0 Å². The molecule has 1 N–H and O–H groups in total. The molecule has 4 heteroatoms. The first-order valence-corrected chi connectivity index (χ1v) is 9.35. The summed E-state index contributed by atoms with van der Waals surface area (Å²) in [6.07, 6.45) is 3.07. The van der Waals surface area contributed by atoms with E-state index in [1.807, 2.05) is 34.1 Å². The van der Waals surface area contributed by atoms with Gasteiger partial charge in [0.2, 0.25) is 0 Å². The van der Waals surface area contributed by atoms with Crippen molar-refractivity contribution < 1.29 is 14.6 Å². The minimum absolute atomic E-state index is 0.00820. The summed E-state index contributed by atoms with van der Waals surface area (Å²) in [7, 11) is -1.81. The third-order valence-electron chi connectivity index (χ3n) is 3.29. The normalized spacial score (nSPS) is 16.6. The van der Waals surface area contributed by atoms with Gasteiger partial charge >= 0.3 is 99.3 Å². The van der Waals surface area contributed by atoms with Crippen LogP contribution in [0, 0.1) is 0 Å². The molecule has 0 saturated carbocycles. The molecule has 1 unspecified atom stereocenters. The molecule has 0 bridgehead atoms. The summed E-state index contributed by atoms with van der Waals surface area (Å²) in [6.45, 7) is 10.3. The van der Waals surface area contributed by atoms with E-state index in [4.69, 9.17) is 4.74 Å². The molecular formula is C12H27O3P. The molecule has 0 aromatic heterocycles. The molecule has 0 rings (SSSR count). The Labute approximate surface area is 99.9 Å². The molecule has 0 aliphatic rings. The Bertz CT molecular complexity index is 224. The van der Waals surface area contributed by atoms with Crippen molar-refractivity contribution in [1.29, 1.82) is 0 Å². The van der Waals surface area contributed by atoms with Gasteiger partial charge in [-0.2, -0.15) is 0 Å². The van der Waals surface area contributed by atoms with Crippen LogP contribution >= 0.6 is 7.26 Å². The molecule has 0 spiro atoms. The van der Waals surface area contributed by atoms with Gasteiger partial charge in [-0.3, -0.25) is 0 Å². The van der Waals surface area contributed by atoms with Crippen molar-refractivity contribution in [1.82, 2.24) is 0 Å². The van der Waals surface area contributed by atoms with E-state index < -0.39 is 12.9 Å². The zero-order valence-corrected chi connectivity index (χ0v) is 12.3. The summed E-state index contributed by atoms with van der Waals surface area (Å²) in [5, 5.41) is 9.76. The average Bonchev–Trinajstić information content (AvgIpc) is 2.24. The zero-order chi connectivity index (χ0) is 12.8. The van der Waals surface area contributed by atoms with Crippen molar-refractivity contribution in [3.8, 4) is 0 Å². The second-order valence-electron chi connectivity index (χ2n) is 5.33. The van der Waals surface area contributed by atoms with Gasteiger partial charge in [-0.1, -0.05) is 0 Å². The fourth-order valence-corrected chi connectivity index (χ4v) is 1.92. The number of carbonyl (C=O) groups excluding carboxylic acids is 1. The molecule has 16 heavy (non-hydrogen) atoms. The van der Waals surface area contributed by atoms with Gasteiger partial charge < -0.3 is 0 Å². The maximum absolute atomic E-state index is 11.7. The number of carbonyl (C=O) groups is 1. The molecule has 3 nitrogen and oxygen atoms in total. The summed E-state index contributed by atoms with van der Waals surface area (Å²) in [4.78, 5) is 11.7. The molecule has 0 saturated heterocycles. The Morgan fingerprint density at radius 2 is 1.94 bits per heavy atom. The Morgan fingerprint density at radius 3 is 2.38 bits per heavy atom. The predicted molar refractivity (Wildman–Crippen MR) is 72.2 cm³/mol. The van der Waals surface area contributed by atoms with E-state index in [0.29, 0.717) is 13.0 Å². The van der Waals surface area contributed by atoms with E-state index in [1.54, 1.807) is 0 Å². The first-order chi connectivity index (χ1) is 7.25. The molecule has 0 aromatic carbocycles. The molecule has 0 aromatic rings. The maximum atomic E-state index is 11.7. The second-order valence-corrected chi connectivity index (χ2v) is 10.2. The van der Waals surface area contributed by atoms with Crippen molar-refractivity contribution >= 4 is 13.0 Å². The second kappa shape index (κ2) is 6.56. The predicted octanol–water partition coefficient (Wildman–Crippen LogP) is 3.09. The minimum atomic E-state index is -1.81. The van der Waals surface area contributed by atoms with Crippen LogP contribution in [0.2, 0.25) is 0 Å². The van der Waals surface area contributed by atoms with Crippen LogP contribution in [0.1, 0.15) is 40.0 Å². The number of rotatable bonds is 7. The van der Waals surface area contributed by atoms with Gasteiger partial charge in [-0.05, 0) is 0 Å². The van der Waals surface area contributed by atoms with E-state index in [1.165, 1.54) is 0 Å². The van der Waals surface area contributed by atoms with E-state index in [0.717, 1.165) is 19.0 Å². The molecule has 0 fully saturated rings. The molecule has 0 amide bonds. The summed E-state index contributed by atoms with van der Waals surface area (Å²) in [6, 6.07) is 0. The van der Waals surface area contributed by atoms with Gasteiger partial charge in [-0.25, -0.2) is 0 Å². The van der Waals surface area contributed by atoms with Crippen LogP contribution in [0.4, 0.5) is 4.79 Å². The van der Waals surface area contributed by atoms with Crippen LogP contribution in [0.25, 0.3) is 0 Å². The molecular weight excluding hydrogens is 223 g/mol. The van der Waals surface area contributed by atoms with Crippen molar-refractivity contribution in [3.05, 3.63) is 0 Å². The van der Waals surface area contributed by atoms with Crippen molar-refractivity contribution in [3.63, 3.8) is 0 Å². The van der Waals surface area contributed by atoms with Crippen molar-refractivity contribution in [2.45, 2.75) is 45.6 Å². The molecule has 98 valence electrons. The van der Waals surface area contributed by atoms with Gasteiger partial charge in [0, 0.05) is 0 Å². The van der Waals surface area contributed by atoms with E-state index in [2.05, 4.69) is 0 Å². The summed E-state index contributed by atoms with van der Waals surface area (Å²) in [5.41, 5.74) is -0.629. The topological polar surface area (TPSA) is 46.5 Å². The zero-order valence-electron chi connectivity index (χ0n) is 11.3. The van der Waals surface area contributed by atoms with Crippen LogP contribution < -0.4 is 0 Å². The Balaban J connectivity index is 3.80. The average molecular weight is 250 g/mol. The number of aliphatic hydroxyl groups is 1. The first-order valence-electron chi connectivity index (χ1n) is 6.15. The summed E-state index contributed by atoms with van der Waals surface area (Å²) >= 11 is 0. The standard InChI is InChI=1S/C12H27O3P/c1-6-12(3,14)9-8-10-15-11(13)16(4,5)7-2/h14,16H,6-10H2,1-5H3. The van der Waals surface area contributed by atoms with Crippen LogP contribution in [0.15, 0.2) is 0 Å². The summed E-state index contributed by atoms with van der Waals surface area (Å²) in [5.74, 6) is 0. The molecule has 0 aliphatic heterocycles. The molecule has 0 aliphatic carbocycles. The third kappa shape index (κ3) is 5.81. The van der Waals surface area contributed by atoms with Gasteiger partial charge in [0.15, 0.2) is 0 Å². The Hall–Kier alpha value is -0.140. The first kappa shape index (κ1) is 15.9. The van der Waals surface area contributed by atoms with Gasteiger partial charge in [0.25, 0.3) is 0 Å². The van der Waals surface area contributed by atoms with Crippen LogP contribution in [0.3, 0.4) is 0 Å². The molecule has 0 heterocycles.